The van der Waals surface area contributed by atoms with E-state index in [0.717, 1.165) is 10.8 Å². The summed E-state index contributed by atoms with van der Waals surface area (Å²) in [7, 11) is 0. The minimum Gasteiger partial charge on any atom is -0.445 e. The van der Waals surface area contributed by atoms with Gasteiger partial charge < -0.3 is 19.7 Å². The van der Waals surface area contributed by atoms with Crippen LogP contribution in [0.25, 0.3) is 0 Å². The molecule has 3 N–H and O–H groups in total. The predicted octanol–water partition coefficient (Wildman–Crippen LogP) is -0.433. The Balaban J connectivity index is 2.12. The number of nitrogens with zero attached hydrogens (tertiary/aromatic N) is 2. The third-order valence-corrected chi connectivity index (χ3v) is 3.14. The van der Waals surface area contributed by atoms with Crippen LogP contribution in [0.5, 0.6) is 0 Å². The zero-order valence-corrected chi connectivity index (χ0v) is 12.0. The zero-order valence-electron chi connectivity index (χ0n) is 12.0. The highest BCUT2D eigenvalue weighted by molar-refractivity contribution is 5.83. The van der Waals surface area contributed by atoms with Gasteiger partial charge in [0.25, 0.3) is 0 Å². The first kappa shape index (κ1) is 17.1. The van der Waals surface area contributed by atoms with Gasteiger partial charge in [0, 0.05) is 6.20 Å². The number of halogens is 1. The average molecular weight is 329 g/mol. The van der Waals surface area contributed by atoms with Crippen molar-refractivity contribution in [3.63, 3.8) is 0 Å². The number of anilines is 1. The first-order valence-corrected chi connectivity index (χ1v) is 6.70. The summed E-state index contributed by atoms with van der Waals surface area (Å²) >= 11 is 0. The largest absolute Gasteiger partial charge is 0.445 e. The number of ether oxygens (including phenoxy) is 2. The molecule has 2 heterocycles. The third-order valence-electron chi connectivity index (χ3n) is 3.14. The van der Waals surface area contributed by atoms with Crippen molar-refractivity contribution in [3.05, 3.63) is 35.4 Å². The van der Waals surface area contributed by atoms with Crippen molar-refractivity contribution in [1.29, 1.82) is 0 Å². The van der Waals surface area contributed by atoms with E-state index in [0.29, 0.717) is 0 Å². The van der Waals surface area contributed by atoms with E-state index >= 15 is 0 Å². The highest BCUT2D eigenvalue weighted by atomic mass is 19.1. The van der Waals surface area contributed by atoms with E-state index in [4.69, 9.17) is 9.84 Å². The normalized spacial score (nSPS) is 26.7. The SMILES string of the molecule is C=CCOC(=O)Nc1ccn([C@@H]2O[C@H](CO)C(O)C2F)c(=O)n1. The van der Waals surface area contributed by atoms with E-state index in [1.54, 1.807) is 0 Å². The van der Waals surface area contributed by atoms with E-state index in [1.165, 1.54) is 12.1 Å². The number of aromatic nitrogens is 2. The van der Waals surface area contributed by atoms with E-state index in [-0.39, 0.29) is 12.4 Å². The number of carbonyl (C=O) groups excluding carboxylic acids is 1. The average Bonchev–Trinajstić information content (AvgIpc) is 2.81. The van der Waals surface area contributed by atoms with Gasteiger partial charge in [-0.25, -0.2) is 14.0 Å². The summed E-state index contributed by atoms with van der Waals surface area (Å²) in [6, 6.07) is 1.24. The maximum atomic E-state index is 14.0. The van der Waals surface area contributed by atoms with Gasteiger partial charge in [-0.05, 0) is 6.07 Å². The van der Waals surface area contributed by atoms with Crippen molar-refractivity contribution in [3.8, 4) is 0 Å². The molecule has 1 aromatic heterocycles. The molecule has 2 rings (SSSR count). The summed E-state index contributed by atoms with van der Waals surface area (Å²) in [6.45, 7) is 2.77. The quantitative estimate of drug-likeness (QED) is 0.626. The summed E-state index contributed by atoms with van der Waals surface area (Å²) < 4.78 is 24.5. The molecule has 0 spiro atoms. The number of carbonyl (C=O) groups is 1. The molecule has 1 saturated heterocycles. The van der Waals surface area contributed by atoms with E-state index in [1.807, 2.05) is 0 Å². The second-order valence-electron chi connectivity index (χ2n) is 4.70. The maximum absolute atomic E-state index is 14.0. The predicted molar refractivity (Wildman–Crippen MR) is 75.6 cm³/mol. The Morgan fingerprint density at radius 2 is 2.39 bits per heavy atom. The van der Waals surface area contributed by atoms with Gasteiger partial charge >= 0.3 is 11.8 Å². The number of hydrogen-bond acceptors (Lipinski definition) is 7. The van der Waals surface area contributed by atoms with Gasteiger partial charge in [0.05, 0.1) is 6.61 Å². The van der Waals surface area contributed by atoms with Gasteiger partial charge in [0.1, 0.15) is 24.6 Å². The minimum absolute atomic E-state index is 0.0111. The molecule has 0 aromatic carbocycles. The molecule has 126 valence electrons. The van der Waals surface area contributed by atoms with E-state index in [9.17, 15) is 19.1 Å². The molecule has 0 bridgehead atoms. The molecule has 1 fully saturated rings. The van der Waals surface area contributed by atoms with Crippen LogP contribution < -0.4 is 11.0 Å². The lowest BCUT2D eigenvalue weighted by atomic mass is 10.1. The van der Waals surface area contributed by atoms with Crippen molar-refractivity contribution in [2.24, 2.45) is 0 Å². The third kappa shape index (κ3) is 3.73. The first-order valence-electron chi connectivity index (χ1n) is 6.70. The van der Waals surface area contributed by atoms with Crippen LogP contribution in [0.1, 0.15) is 6.23 Å². The van der Waals surface area contributed by atoms with Gasteiger partial charge in [0.15, 0.2) is 12.4 Å². The summed E-state index contributed by atoms with van der Waals surface area (Å²) in [5.41, 5.74) is -0.898. The number of rotatable bonds is 5. The van der Waals surface area contributed by atoms with Gasteiger partial charge in [-0.3, -0.25) is 9.88 Å². The lowest BCUT2D eigenvalue weighted by Gasteiger charge is -2.16. The number of alkyl halides is 1. The lowest BCUT2D eigenvalue weighted by molar-refractivity contribution is -0.0491. The molecule has 1 aromatic rings. The van der Waals surface area contributed by atoms with Crippen molar-refractivity contribution in [2.45, 2.75) is 24.6 Å². The Morgan fingerprint density at radius 1 is 1.65 bits per heavy atom. The summed E-state index contributed by atoms with van der Waals surface area (Å²) in [4.78, 5) is 26.8. The molecule has 1 aliphatic heterocycles. The smallest absolute Gasteiger partial charge is 0.413 e. The fourth-order valence-corrected chi connectivity index (χ4v) is 2.03. The number of aliphatic hydroxyl groups is 2. The Kier molecular flexibility index (Phi) is 5.42. The van der Waals surface area contributed by atoms with Gasteiger partial charge in [-0.15, -0.1) is 0 Å². The summed E-state index contributed by atoms with van der Waals surface area (Å²) in [6.07, 6.45) is -4.30. The molecule has 1 amide bonds. The molecule has 4 atom stereocenters. The van der Waals surface area contributed by atoms with Crippen LogP contribution in [0.4, 0.5) is 15.0 Å². The van der Waals surface area contributed by atoms with Gasteiger partial charge in [-0.1, -0.05) is 12.7 Å². The van der Waals surface area contributed by atoms with Crippen LogP contribution in [-0.2, 0) is 9.47 Å². The van der Waals surface area contributed by atoms with Crippen LogP contribution in [0.3, 0.4) is 0 Å². The van der Waals surface area contributed by atoms with Crippen molar-refractivity contribution in [2.75, 3.05) is 18.5 Å². The Bertz CT molecular complexity index is 636. The lowest BCUT2D eigenvalue weighted by Crippen LogP contribution is -2.33. The van der Waals surface area contributed by atoms with Crippen molar-refractivity contribution in [1.82, 2.24) is 9.55 Å². The van der Waals surface area contributed by atoms with Gasteiger partial charge in [0.2, 0.25) is 0 Å². The second-order valence-corrected chi connectivity index (χ2v) is 4.70. The topological polar surface area (TPSA) is 123 Å². The standard InChI is InChI=1S/C13H16FN3O6/c1-2-5-22-13(21)16-8-3-4-17(12(20)15-8)11-9(14)10(19)7(6-18)23-11/h2-4,7,9-11,18-19H,1,5-6H2,(H,15,16,20,21)/t7-,9?,10?,11-/m1/s1. The summed E-state index contributed by atoms with van der Waals surface area (Å²) in [5, 5.41) is 20.8. The van der Waals surface area contributed by atoms with Crippen molar-refractivity contribution < 1.29 is 28.9 Å². The molecule has 23 heavy (non-hydrogen) atoms. The second kappa shape index (κ2) is 7.31. The Labute approximate surface area is 130 Å². The van der Waals surface area contributed by atoms with Crippen LogP contribution in [0, 0.1) is 0 Å². The number of nitrogens with one attached hydrogen (secondary N) is 1. The molecular weight excluding hydrogens is 313 g/mol. The molecule has 10 heteroatoms. The van der Waals surface area contributed by atoms with Crippen LogP contribution in [0.2, 0.25) is 0 Å². The highest BCUT2D eigenvalue weighted by Crippen LogP contribution is 2.30. The van der Waals surface area contributed by atoms with Crippen LogP contribution in [-0.4, -0.2) is 57.5 Å². The van der Waals surface area contributed by atoms with Gasteiger partial charge in [-0.2, -0.15) is 4.98 Å². The molecule has 2 unspecified atom stereocenters. The van der Waals surface area contributed by atoms with E-state index < -0.39 is 43.0 Å². The monoisotopic (exact) mass is 329 g/mol. The van der Waals surface area contributed by atoms with E-state index in [2.05, 4.69) is 21.6 Å². The number of amides is 1. The highest BCUT2D eigenvalue weighted by Gasteiger charge is 2.45. The van der Waals surface area contributed by atoms with Crippen LogP contribution >= 0.6 is 0 Å². The summed E-state index contributed by atoms with van der Waals surface area (Å²) in [5.74, 6) is -0.0898. The Hall–Kier alpha value is -2.30. The fourth-order valence-electron chi connectivity index (χ4n) is 2.03. The molecule has 0 saturated carbocycles. The van der Waals surface area contributed by atoms with Crippen molar-refractivity contribution >= 4 is 11.9 Å². The first-order chi connectivity index (χ1) is 11.0. The molecular formula is C13H16FN3O6. The van der Waals surface area contributed by atoms with Crippen LogP contribution in [0.15, 0.2) is 29.7 Å². The number of hydrogen-bond donors (Lipinski definition) is 3. The molecule has 1 aliphatic rings. The maximum Gasteiger partial charge on any atom is 0.413 e. The minimum atomic E-state index is -1.90. The fraction of sp³-hybridized carbons (Fsp3) is 0.462. The molecule has 0 radical (unpaired) electrons. The Morgan fingerprint density at radius 3 is 2.96 bits per heavy atom. The molecule has 0 aliphatic carbocycles. The molecule has 9 nitrogen and oxygen atoms in total. The zero-order chi connectivity index (χ0) is 17.0. The number of aliphatic hydroxyl groups excluding tert-OH is 2.